The Labute approximate surface area is 392 Å². The lowest BCUT2D eigenvalue weighted by molar-refractivity contribution is 1.18. The van der Waals surface area contributed by atoms with E-state index in [9.17, 15) is 0 Å². The summed E-state index contributed by atoms with van der Waals surface area (Å²) in [7, 11) is -2.63. The van der Waals surface area contributed by atoms with Gasteiger partial charge in [-0.1, -0.05) is 218 Å². The van der Waals surface area contributed by atoms with Gasteiger partial charge >= 0.3 is 0 Å². The van der Waals surface area contributed by atoms with E-state index in [2.05, 4.69) is 289 Å². The molecule has 0 aliphatic rings. The molecule has 0 unspecified atom stereocenters. The number of nitrogens with zero attached hydrogens (tertiary/aromatic N) is 2. The van der Waals surface area contributed by atoms with Crippen molar-refractivity contribution in [2.24, 2.45) is 0 Å². The van der Waals surface area contributed by atoms with Crippen LogP contribution in [0, 0.1) is 0 Å². The van der Waals surface area contributed by atoms with Crippen molar-refractivity contribution in [3.63, 3.8) is 0 Å². The number of hydrogen-bond acceptors (Lipinski definition) is 1. The number of hydrogen-bond donors (Lipinski definition) is 0. The molecule has 1 aromatic heterocycles. The summed E-state index contributed by atoms with van der Waals surface area (Å²) in [6, 6.07) is 103. The van der Waals surface area contributed by atoms with E-state index in [1.807, 2.05) is 0 Å². The minimum Gasteiger partial charge on any atom is -0.310 e. The predicted molar refractivity (Wildman–Crippen MR) is 287 cm³/mol. The van der Waals surface area contributed by atoms with Gasteiger partial charge in [0, 0.05) is 27.8 Å². The summed E-state index contributed by atoms with van der Waals surface area (Å²) in [5.74, 6) is 0. The Morgan fingerprint density at radius 3 is 1.37 bits per heavy atom. The van der Waals surface area contributed by atoms with Crippen LogP contribution in [0.5, 0.6) is 0 Å². The number of para-hydroxylation sites is 2. The molecule has 316 valence electrons. The molecule has 0 saturated heterocycles. The molecule has 3 heteroatoms. The Bertz CT molecular complexity index is 3550. The molecule has 12 aromatic rings. The lowest BCUT2D eigenvalue weighted by atomic mass is 10.00. The first-order valence-electron chi connectivity index (χ1n) is 23.1. The molecule has 1 heterocycles. The summed E-state index contributed by atoms with van der Waals surface area (Å²) in [5.41, 5.74) is 11.6. The van der Waals surface area contributed by atoms with Crippen LogP contribution >= 0.6 is 0 Å². The van der Waals surface area contributed by atoms with Gasteiger partial charge in [-0.25, -0.2) is 0 Å². The fourth-order valence-corrected chi connectivity index (χ4v) is 15.2. The first kappa shape index (κ1) is 40.0. The number of fused-ring (bicyclic) bond motifs is 4. The van der Waals surface area contributed by atoms with Gasteiger partial charge < -0.3 is 9.47 Å². The molecule has 0 aliphatic heterocycles. The van der Waals surface area contributed by atoms with Gasteiger partial charge in [-0.3, -0.25) is 0 Å². The van der Waals surface area contributed by atoms with Crippen LogP contribution in [-0.4, -0.2) is 12.6 Å². The molecule has 0 amide bonds. The van der Waals surface area contributed by atoms with E-state index in [4.69, 9.17) is 0 Å². The molecule has 12 rings (SSSR count). The normalized spacial score (nSPS) is 11.6. The van der Waals surface area contributed by atoms with Crippen LogP contribution in [0.15, 0.2) is 279 Å². The molecule has 11 aromatic carbocycles. The summed E-state index contributed by atoms with van der Waals surface area (Å²) in [6.45, 7) is 0. The molecular weight excluding hydrogens is 825 g/mol. The van der Waals surface area contributed by atoms with Crippen LogP contribution in [0.2, 0.25) is 0 Å². The van der Waals surface area contributed by atoms with Crippen LogP contribution in [0.4, 0.5) is 17.1 Å². The van der Waals surface area contributed by atoms with Gasteiger partial charge in [0.05, 0.1) is 16.7 Å². The van der Waals surface area contributed by atoms with Crippen LogP contribution in [0.25, 0.3) is 60.5 Å². The molecule has 2 nitrogen and oxygen atoms in total. The number of benzene rings is 11. The van der Waals surface area contributed by atoms with Crippen molar-refractivity contribution in [1.82, 2.24) is 4.57 Å². The predicted octanol–water partition coefficient (Wildman–Crippen LogP) is 14.1. The van der Waals surface area contributed by atoms with E-state index in [0.717, 1.165) is 22.7 Å². The second kappa shape index (κ2) is 17.1. The molecule has 0 spiro atoms. The largest absolute Gasteiger partial charge is 0.310 e. The fourth-order valence-electron chi connectivity index (χ4n) is 10.4. The van der Waals surface area contributed by atoms with E-state index in [-0.39, 0.29) is 0 Å². The van der Waals surface area contributed by atoms with Gasteiger partial charge in [-0.15, -0.1) is 0 Å². The van der Waals surface area contributed by atoms with Gasteiger partial charge in [0.1, 0.15) is 0 Å². The topological polar surface area (TPSA) is 8.17 Å². The highest BCUT2D eigenvalue weighted by atomic mass is 28.3. The highest BCUT2D eigenvalue weighted by molar-refractivity contribution is 7.19. The van der Waals surface area contributed by atoms with Crippen molar-refractivity contribution < 1.29 is 0 Å². The third-order valence-corrected chi connectivity index (χ3v) is 18.3. The van der Waals surface area contributed by atoms with Crippen molar-refractivity contribution in [3.05, 3.63) is 279 Å². The zero-order valence-corrected chi connectivity index (χ0v) is 38.0. The van der Waals surface area contributed by atoms with Crippen molar-refractivity contribution in [1.29, 1.82) is 0 Å². The Hall–Kier alpha value is -8.50. The Kier molecular flexibility index (Phi) is 10.2. The van der Waals surface area contributed by atoms with E-state index in [0.29, 0.717) is 0 Å². The first-order valence-corrected chi connectivity index (χ1v) is 25.1. The molecule has 0 aliphatic carbocycles. The zero-order chi connectivity index (χ0) is 44.6. The highest BCUT2D eigenvalue weighted by Gasteiger charge is 2.41. The van der Waals surface area contributed by atoms with Gasteiger partial charge in [0.25, 0.3) is 0 Å². The number of rotatable bonds is 10. The Morgan fingerprint density at radius 2 is 0.746 bits per heavy atom. The van der Waals surface area contributed by atoms with Gasteiger partial charge in [-0.2, -0.15) is 0 Å². The van der Waals surface area contributed by atoms with Crippen molar-refractivity contribution in [2.75, 3.05) is 4.90 Å². The third kappa shape index (κ3) is 7.05. The summed E-state index contributed by atoms with van der Waals surface area (Å²) in [6.07, 6.45) is 0. The summed E-state index contributed by atoms with van der Waals surface area (Å²) in [4.78, 5) is 2.45. The summed E-state index contributed by atoms with van der Waals surface area (Å²) < 4.78 is 2.40. The molecule has 0 radical (unpaired) electrons. The quantitative estimate of drug-likeness (QED) is 0.0982. The van der Waals surface area contributed by atoms with Crippen molar-refractivity contribution >= 4 is 78.5 Å². The third-order valence-electron chi connectivity index (χ3n) is 13.5. The van der Waals surface area contributed by atoms with Crippen LogP contribution < -0.4 is 25.6 Å². The van der Waals surface area contributed by atoms with Gasteiger partial charge in [0.2, 0.25) is 0 Å². The Balaban J connectivity index is 0.991. The average Bonchev–Trinajstić information content (AvgIpc) is 3.76. The SMILES string of the molecule is c1ccc(-c2ccc3cc(N(c4ccc(-c5ccc([Si](c6ccccc6)(c6ccccc6)c6ccccc6)cc5)cc4)c4cccc5c4c4ccccc4n5-c4ccccc4)ccc3c2)cc1. The standard InChI is InChI=1S/C64H46N2Si/c1-6-19-47(20-7-1)50-33-34-52-46-55(42-37-51(52)45-50)65(62-31-18-32-63-64(62)60-29-16-17-30-61(60)66(63)53-21-8-2-9-22-53)54-40-35-48(36-41-54)49-38-43-59(44-39-49)67(56-23-10-3-11-24-56,57-25-12-4-13-26-57)58-27-14-5-15-28-58/h1-46H. The molecule has 0 N–H and O–H groups in total. The minimum atomic E-state index is -2.63. The first-order chi connectivity index (χ1) is 33.2. The fraction of sp³-hybridized carbons (Fsp3) is 0. The number of aromatic nitrogens is 1. The number of anilines is 3. The maximum absolute atomic E-state index is 2.63. The van der Waals surface area contributed by atoms with E-state index in [1.165, 1.54) is 75.6 Å². The molecule has 0 saturated carbocycles. The lowest BCUT2D eigenvalue weighted by Crippen LogP contribution is -2.74. The van der Waals surface area contributed by atoms with E-state index >= 15 is 0 Å². The molecule has 0 atom stereocenters. The van der Waals surface area contributed by atoms with Crippen molar-refractivity contribution in [3.8, 4) is 27.9 Å². The molecular formula is C64H46N2Si. The lowest BCUT2D eigenvalue weighted by Gasteiger charge is -2.34. The van der Waals surface area contributed by atoms with E-state index < -0.39 is 8.07 Å². The second-order valence-electron chi connectivity index (χ2n) is 17.3. The van der Waals surface area contributed by atoms with Crippen LogP contribution in [-0.2, 0) is 0 Å². The summed E-state index contributed by atoms with van der Waals surface area (Å²) in [5, 5.41) is 10.3. The maximum Gasteiger partial charge on any atom is 0.179 e. The summed E-state index contributed by atoms with van der Waals surface area (Å²) >= 11 is 0. The zero-order valence-electron chi connectivity index (χ0n) is 37.0. The average molecular weight is 871 g/mol. The maximum atomic E-state index is 2.45. The molecule has 67 heavy (non-hydrogen) atoms. The highest BCUT2D eigenvalue weighted by Crippen LogP contribution is 2.45. The monoisotopic (exact) mass is 870 g/mol. The molecule has 0 bridgehead atoms. The van der Waals surface area contributed by atoms with E-state index in [1.54, 1.807) is 0 Å². The van der Waals surface area contributed by atoms with Gasteiger partial charge in [0.15, 0.2) is 8.07 Å². The van der Waals surface area contributed by atoms with Crippen LogP contribution in [0.3, 0.4) is 0 Å². The van der Waals surface area contributed by atoms with Crippen molar-refractivity contribution in [2.45, 2.75) is 0 Å². The second-order valence-corrected chi connectivity index (χ2v) is 21.1. The smallest absolute Gasteiger partial charge is 0.179 e. The van der Waals surface area contributed by atoms with Gasteiger partial charge in [-0.05, 0) is 114 Å². The molecule has 0 fully saturated rings. The Morgan fingerprint density at radius 1 is 0.299 bits per heavy atom. The van der Waals surface area contributed by atoms with Crippen LogP contribution in [0.1, 0.15) is 0 Å². The minimum absolute atomic E-state index is 1.09.